The molecule has 2 aliphatic rings. The number of aliphatic hydroxyl groups is 1. The van der Waals surface area contributed by atoms with E-state index in [2.05, 4.69) is 10.6 Å². The summed E-state index contributed by atoms with van der Waals surface area (Å²) in [6.07, 6.45) is 0.151. The van der Waals surface area contributed by atoms with Gasteiger partial charge in [0.05, 0.1) is 12.5 Å². The zero-order valence-corrected chi connectivity index (χ0v) is 16.1. The Labute approximate surface area is 173 Å². The second-order valence-corrected chi connectivity index (χ2v) is 7.12. The summed E-state index contributed by atoms with van der Waals surface area (Å²) in [6, 6.07) is 17.1. The van der Waals surface area contributed by atoms with E-state index in [4.69, 9.17) is 4.74 Å². The molecule has 2 heterocycles. The summed E-state index contributed by atoms with van der Waals surface area (Å²) in [5.74, 6) is -1.96. The van der Waals surface area contributed by atoms with Crippen LogP contribution in [0.15, 0.2) is 72.3 Å². The van der Waals surface area contributed by atoms with E-state index >= 15 is 0 Å². The lowest BCUT2D eigenvalue weighted by atomic mass is 9.91. The number of amides is 3. The first-order valence-electron chi connectivity index (χ1n) is 9.59. The zero-order chi connectivity index (χ0) is 21.1. The Hall–Kier alpha value is -3.81. The van der Waals surface area contributed by atoms with Gasteiger partial charge in [-0.25, -0.2) is 0 Å². The zero-order valence-electron chi connectivity index (χ0n) is 16.1. The molecule has 2 aromatic rings. The van der Waals surface area contributed by atoms with Crippen molar-refractivity contribution < 1.29 is 24.2 Å². The minimum absolute atomic E-state index is 0.0490. The number of nitrogens with one attached hydrogen (secondary N) is 2. The number of nitrogens with zero attached hydrogens (tertiary/aromatic N) is 1. The number of β-lactam (4-membered cyclic amide) rings is 1. The molecule has 0 aliphatic carbocycles. The summed E-state index contributed by atoms with van der Waals surface area (Å²) in [6.45, 7) is 0.226. The van der Waals surface area contributed by atoms with Gasteiger partial charge in [-0.2, -0.15) is 0 Å². The molecule has 8 heteroatoms. The number of ether oxygens (including phenoxy) is 1. The van der Waals surface area contributed by atoms with Gasteiger partial charge in [-0.05, 0) is 11.1 Å². The Bertz CT molecular complexity index is 990. The fraction of sp³-hybridized carbons (Fsp3) is 0.227. The first-order chi connectivity index (χ1) is 14.5. The second kappa shape index (κ2) is 8.28. The minimum atomic E-state index is -0.765. The van der Waals surface area contributed by atoms with E-state index in [9.17, 15) is 19.5 Å². The average molecular weight is 407 g/mol. The van der Waals surface area contributed by atoms with Crippen LogP contribution in [0, 0.1) is 0 Å². The van der Waals surface area contributed by atoms with Crippen molar-refractivity contribution in [1.29, 1.82) is 0 Å². The molecule has 8 nitrogen and oxygen atoms in total. The van der Waals surface area contributed by atoms with Crippen molar-refractivity contribution in [3.05, 3.63) is 83.4 Å². The number of hydrogen-bond donors (Lipinski definition) is 3. The molecule has 2 atom stereocenters. The highest BCUT2D eigenvalue weighted by atomic mass is 16.6. The van der Waals surface area contributed by atoms with Crippen LogP contribution in [0.1, 0.15) is 11.1 Å². The van der Waals surface area contributed by atoms with Crippen LogP contribution in [0.3, 0.4) is 0 Å². The summed E-state index contributed by atoms with van der Waals surface area (Å²) in [4.78, 5) is 38.4. The lowest BCUT2D eigenvalue weighted by Crippen LogP contribution is -2.76. The molecule has 3 N–H and O–H groups in total. The van der Waals surface area contributed by atoms with Gasteiger partial charge in [0, 0.05) is 6.54 Å². The van der Waals surface area contributed by atoms with Crippen molar-refractivity contribution in [2.45, 2.75) is 25.1 Å². The van der Waals surface area contributed by atoms with Crippen LogP contribution in [0.2, 0.25) is 0 Å². The van der Waals surface area contributed by atoms with Crippen LogP contribution < -0.4 is 10.6 Å². The topological polar surface area (TPSA) is 108 Å². The maximum atomic E-state index is 12.6. The number of piperazine rings is 1. The maximum Gasteiger partial charge on any atom is 0.307 e. The van der Waals surface area contributed by atoms with Crippen molar-refractivity contribution in [1.82, 2.24) is 15.5 Å². The highest BCUT2D eigenvalue weighted by Gasteiger charge is 2.54. The molecule has 2 saturated heterocycles. The van der Waals surface area contributed by atoms with E-state index in [-0.39, 0.29) is 31.2 Å². The molecular formula is C22H21N3O5. The van der Waals surface area contributed by atoms with Gasteiger partial charge < -0.3 is 20.5 Å². The van der Waals surface area contributed by atoms with E-state index in [1.54, 1.807) is 0 Å². The van der Waals surface area contributed by atoms with E-state index < -0.39 is 29.8 Å². The third-order valence-electron chi connectivity index (χ3n) is 5.09. The summed E-state index contributed by atoms with van der Waals surface area (Å²) < 4.78 is 5.33. The van der Waals surface area contributed by atoms with Crippen LogP contribution in [0.4, 0.5) is 0 Å². The van der Waals surface area contributed by atoms with Gasteiger partial charge in [-0.1, -0.05) is 60.7 Å². The number of carbonyl (C=O) groups is 3. The molecule has 0 unspecified atom stereocenters. The molecule has 30 heavy (non-hydrogen) atoms. The predicted octanol–water partition coefficient (Wildman–Crippen LogP) is 0.998. The fourth-order valence-corrected chi connectivity index (χ4v) is 3.58. The van der Waals surface area contributed by atoms with Gasteiger partial charge in [0.25, 0.3) is 11.8 Å². The molecule has 0 aromatic heterocycles. The second-order valence-electron chi connectivity index (χ2n) is 7.12. The Morgan fingerprint density at radius 2 is 1.70 bits per heavy atom. The van der Waals surface area contributed by atoms with Gasteiger partial charge in [-0.15, -0.1) is 0 Å². The van der Waals surface area contributed by atoms with Crippen LogP contribution in [0.5, 0.6) is 0 Å². The van der Waals surface area contributed by atoms with Crippen molar-refractivity contribution >= 4 is 17.7 Å². The lowest BCUT2D eigenvalue weighted by Gasteiger charge is -2.49. The summed E-state index contributed by atoms with van der Waals surface area (Å²) in [5.41, 5.74) is 1.40. The maximum absolute atomic E-state index is 12.6. The smallest absolute Gasteiger partial charge is 0.307 e. The highest BCUT2D eigenvalue weighted by Crippen LogP contribution is 2.30. The van der Waals surface area contributed by atoms with Crippen LogP contribution >= 0.6 is 0 Å². The van der Waals surface area contributed by atoms with Gasteiger partial charge in [-0.3, -0.25) is 19.3 Å². The number of hydrogen-bond acceptors (Lipinski definition) is 5. The van der Waals surface area contributed by atoms with E-state index in [1.807, 2.05) is 60.7 Å². The largest absolute Gasteiger partial charge is 0.479 e. The van der Waals surface area contributed by atoms with E-state index in [0.29, 0.717) is 0 Å². The standard InChI is InChI=1S/C22H21N3O5/c26-17(11-14-7-3-1-4-8-14)24-18-16-12-23-20(27)19(25(16)21(18)28)22(29)30-13-15-9-5-2-6-10-15/h1-10,16,18,29H,11-13H2,(H,23,27)(H,24,26)/b22-19-/t16-,18+/m0/s1. The average Bonchev–Trinajstić information content (AvgIpc) is 2.77. The predicted molar refractivity (Wildman–Crippen MR) is 107 cm³/mol. The van der Waals surface area contributed by atoms with Gasteiger partial charge in [0.1, 0.15) is 12.6 Å². The van der Waals surface area contributed by atoms with Gasteiger partial charge in [0.2, 0.25) is 5.91 Å². The van der Waals surface area contributed by atoms with Gasteiger partial charge in [0.15, 0.2) is 5.70 Å². The monoisotopic (exact) mass is 407 g/mol. The third kappa shape index (κ3) is 3.84. The quantitative estimate of drug-likeness (QED) is 0.376. The number of carbonyl (C=O) groups excluding carboxylic acids is 3. The molecule has 4 rings (SSSR count). The molecule has 0 saturated carbocycles. The van der Waals surface area contributed by atoms with Crippen molar-refractivity contribution in [2.24, 2.45) is 0 Å². The number of rotatable bonds is 6. The molecular weight excluding hydrogens is 386 g/mol. The molecule has 2 aromatic carbocycles. The molecule has 0 spiro atoms. The SMILES string of the molecule is O=C(Cc1ccccc1)N[C@H]1C(=O)N2/C(=C(/O)OCc3ccccc3)C(=O)NC[C@@H]12. The van der Waals surface area contributed by atoms with E-state index in [0.717, 1.165) is 11.1 Å². The van der Waals surface area contributed by atoms with Crippen LogP contribution in [-0.2, 0) is 32.1 Å². The Morgan fingerprint density at radius 1 is 1.07 bits per heavy atom. The number of fused-ring (bicyclic) bond motifs is 1. The highest BCUT2D eigenvalue weighted by molar-refractivity contribution is 6.05. The lowest BCUT2D eigenvalue weighted by molar-refractivity contribution is -0.155. The summed E-state index contributed by atoms with van der Waals surface area (Å²) >= 11 is 0. The summed E-state index contributed by atoms with van der Waals surface area (Å²) in [7, 11) is 0. The third-order valence-corrected chi connectivity index (χ3v) is 5.09. The Morgan fingerprint density at radius 3 is 2.37 bits per heavy atom. The Balaban J connectivity index is 1.42. The number of aliphatic hydroxyl groups excluding tert-OH is 1. The van der Waals surface area contributed by atoms with Crippen LogP contribution in [0.25, 0.3) is 0 Å². The minimum Gasteiger partial charge on any atom is -0.479 e. The molecule has 2 aliphatic heterocycles. The van der Waals surface area contributed by atoms with Crippen molar-refractivity contribution in [3.63, 3.8) is 0 Å². The van der Waals surface area contributed by atoms with Crippen molar-refractivity contribution in [3.8, 4) is 0 Å². The fourth-order valence-electron chi connectivity index (χ4n) is 3.58. The molecule has 2 fully saturated rings. The first-order valence-corrected chi connectivity index (χ1v) is 9.59. The molecule has 3 amide bonds. The van der Waals surface area contributed by atoms with Gasteiger partial charge >= 0.3 is 5.95 Å². The normalized spacial score (nSPS) is 21.8. The first kappa shape index (κ1) is 19.5. The van der Waals surface area contributed by atoms with Crippen LogP contribution in [-0.4, -0.2) is 46.4 Å². The molecule has 154 valence electrons. The Kier molecular flexibility index (Phi) is 5.38. The van der Waals surface area contributed by atoms with Crippen molar-refractivity contribution in [2.75, 3.05) is 6.54 Å². The number of benzene rings is 2. The van der Waals surface area contributed by atoms with E-state index in [1.165, 1.54) is 4.90 Å². The molecule has 0 radical (unpaired) electrons. The molecule has 0 bridgehead atoms. The summed E-state index contributed by atoms with van der Waals surface area (Å²) in [5, 5.41) is 15.7.